The quantitative estimate of drug-likeness (QED) is 0.812. The number of nitrogens with zero attached hydrogens (tertiary/aromatic N) is 1. The molecule has 2 heterocycles. The highest BCUT2D eigenvalue weighted by Crippen LogP contribution is 2.19. The number of nitrogens with one attached hydrogen (secondary N) is 1. The highest BCUT2D eigenvalue weighted by molar-refractivity contribution is 5.93. The summed E-state index contributed by atoms with van der Waals surface area (Å²) in [4.78, 5) is 26.5. The molecule has 7 nitrogen and oxygen atoms in total. The van der Waals surface area contributed by atoms with Crippen molar-refractivity contribution in [3.63, 3.8) is 0 Å². The summed E-state index contributed by atoms with van der Waals surface area (Å²) in [5.41, 5.74) is 0.415. The number of rotatable bonds is 5. The van der Waals surface area contributed by atoms with E-state index in [1.54, 1.807) is 12.1 Å². The van der Waals surface area contributed by atoms with E-state index in [1.807, 2.05) is 0 Å². The molecule has 20 heavy (non-hydrogen) atoms. The van der Waals surface area contributed by atoms with E-state index in [9.17, 15) is 9.59 Å². The van der Waals surface area contributed by atoms with Gasteiger partial charge in [-0.15, -0.1) is 0 Å². The van der Waals surface area contributed by atoms with E-state index < -0.39 is 12.1 Å². The smallest absolute Gasteiger partial charge is 0.332 e. The third-order valence-corrected chi connectivity index (χ3v) is 3.08. The molecule has 2 atom stereocenters. The predicted octanol–water partition coefficient (Wildman–Crippen LogP) is 0.452. The molecule has 0 spiro atoms. The van der Waals surface area contributed by atoms with Crippen LogP contribution in [-0.4, -0.2) is 47.8 Å². The second-order valence-electron chi connectivity index (χ2n) is 4.46. The fourth-order valence-corrected chi connectivity index (χ4v) is 1.98. The molecule has 2 unspecified atom stereocenters. The summed E-state index contributed by atoms with van der Waals surface area (Å²) in [6.45, 7) is 0.286. The number of carbonyl (C=O) groups is 2. The number of hydrogen-bond acceptors (Lipinski definition) is 5. The van der Waals surface area contributed by atoms with Crippen molar-refractivity contribution in [1.82, 2.24) is 10.3 Å². The molecule has 0 radical (unpaired) electrons. The van der Waals surface area contributed by atoms with Crippen molar-refractivity contribution in [2.45, 2.75) is 25.0 Å². The summed E-state index contributed by atoms with van der Waals surface area (Å²) < 4.78 is 10.2. The molecular formula is C13H16N2O5. The van der Waals surface area contributed by atoms with Crippen molar-refractivity contribution in [2.75, 3.05) is 13.7 Å². The van der Waals surface area contributed by atoms with Crippen molar-refractivity contribution in [3.8, 4) is 5.88 Å². The molecule has 7 heteroatoms. The molecule has 1 saturated heterocycles. The lowest BCUT2D eigenvalue weighted by Gasteiger charge is -2.12. The fraction of sp³-hybridized carbons (Fsp3) is 0.462. The molecule has 0 saturated carbocycles. The molecule has 0 aromatic carbocycles. The van der Waals surface area contributed by atoms with Crippen molar-refractivity contribution in [2.24, 2.45) is 0 Å². The lowest BCUT2D eigenvalue weighted by molar-refractivity contribution is -0.149. The summed E-state index contributed by atoms with van der Waals surface area (Å²) in [6, 6.07) is 3.21. The molecule has 2 rings (SSSR count). The third-order valence-electron chi connectivity index (χ3n) is 3.08. The van der Waals surface area contributed by atoms with Gasteiger partial charge in [-0.25, -0.2) is 9.78 Å². The van der Waals surface area contributed by atoms with Gasteiger partial charge in [-0.05, 0) is 18.9 Å². The van der Waals surface area contributed by atoms with E-state index in [0.717, 1.165) is 0 Å². The number of aromatic nitrogens is 1. The van der Waals surface area contributed by atoms with Gasteiger partial charge >= 0.3 is 5.97 Å². The number of methoxy groups -OCH3 is 1. The average molecular weight is 280 g/mol. The summed E-state index contributed by atoms with van der Waals surface area (Å²) in [7, 11) is 1.50. The molecule has 1 aliphatic rings. The Bertz CT molecular complexity index is 488. The number of ether oxygens (including phenoxy) is 2. The Hall–Kier alpha value is -2.15. The van der Waals surface area contributed by atoms with Gasteiger partial charge in [-0.2, -0.15) is 0 Å². The van der Waals surface area contributed by atoms with Crippen LogP contribution in [0, 0.1) is 0 Å². The Morgan fingerprint density at radius 2 is 2.30 bits per heavy atom. The van der Waals surface area contributed by atoms with Crippen LogP contribution in [-0.2, 0) is 9.53 Å². The largest absolute Gasteiger partial charge is 0.481 e. The molecule has 1 aromatic heterocycles. The van der Waals surface area contributed by atoms with Gasteiger partial charge in [-0.1, -0.05) is 0 Å². The van der Waals surface area contributed by atoms with E-state index in [-0.39, 0.29) is 18.6 Å². The van der Waals surface area contributed by atoms with E-state index >= 15 is 0 Å². The monoisotopic (exact) mass is 280 g/mol. The van der Waals surface area contributed by atoms with Crippen LogP contribution in [0.3, 0.4) is 0 Å². The van der Waals surface area contributed by atoms with E-state index in [1.165, 1.54) is 13.3 Å². The van der Waals surface area contributed by atoms with Gasteiger partial charge in [0, 0.05) is 18.8 Å². The lowest BCUT2D eigenvalue weighted by Crippen LogP contribution is -2.33. The molecule has 1 aliphatic heterocycles. The van der Waals surface area contributed by atoms with Gasteiger partial charge in [0.05, 0.1) is 18.8 Å². The normalized spacial score (nSPS) is 21.4. The Balaban J connectivity index is 1.81. The van der Waals surface area contributed by atoms with Crippen LogP contribution in [0.25, 0.3) is 0 Å². The Morgan fingerprint density at radius 1 is 1.50 bits per heavy atom. The molecule has 0 bridgehead atoms. The first-order chi connectivity index (χ1) is 9.60. The van der Waals surface area contributed by atoms with Crippen molar-refractivity contribution in [1.29, 1.82) is 0 Å². The van der Waals surface area contributed by atoms with Crippen molar-refractivity contribution >= 4 is 11.9 Å². The first kappa shape index (κ1) is 14.3. The van der Waals surface area contributed by atoms with Crippen LogP contribution in [0.15, 0.2) is 18.3 Å². The first-order valence-electron chi connectivity index (χ1n) is 6.26. The maximum Gasteiger partial charge on any atom is 0.332 e. The number of pyridine rings is 1. The van der Waals surface area contributed by atoms with Crippen LogP contribution < -0.4 is 10.1 Å². The van der Waals surface area contributed by atoms with Gasteiger partial charge < -0.3 is 19.9 Å². The predicted molar refractivity (Wildman–Crippen MR) is 68.7 cm³/mol. The van der Waals surface area contributed by atoms with Crippen molar-refractivity contribution in [3.05, 3.63) is 23.9 Å². The number of carbonyl (C=O) groups excluding carboxylic acids is 1. The average Bonchev–Trinajstić information content (AvgIpc) is 2.94. The zero-order chi connectivity index (χ0) is 14.5. The Morgan fingerprint density at radius 3 is 2.85 bits per heavy atom. The molecule has 0 aliphatic carbocycles. The zero-order valence-corrected chi connectivity index (χ0v) is 11.0. The fourth-order valence-electron chi connectivity index (χ4n) is 1.98. The summed E-state index contributed by atoms with van der Waals surface area (Å²) in [5.74, 6) is -0.800. The highest BCUT2D eigenvalue weighted by Gasteiger charge is 2.30. The SMILES string of the molecule is COc1ccc(C(=O)NCC2CCC(C(=O)O)O2)cn1. The standard InChI is InChI=1S/C13H16N2O5/c1-19-11-5-2-8(6-14-11)12(16)15-7-9-3-4-10(20-9)13(17)18/h2,5-6,9-10H,3-4,7H2,1H3,(H,15,16)(H,17,18). The number of amides is 1. The lowest BCUT2D eigenvalue weighted by atomic mass is 10.2. The number of hydrogen-bond donors (Lipinski definition) is 2. The van der Waals surface area contributed by atoms with Crippen LogP contribution in [0.1, 0.15) is 23.2 Å². The number of carboxylic acid groups (broad SMARTS) is 1. The van der Waals surface area contributed by atoms with E-state index in [0.29, 0.717) is 24.3 Å². The maximum atomic E-state index is 11.9. The highest BCUT2D eigenvalue weighted by atomic mass is 16.5. The minimum Gasteiger partial charge on any atom is -0.481 e. The van der Waals surface area contributed by atoms with Crippen molar-refractivity contribution < 1.29 is 24.2 Å². The van der Waals surface area contributed by atoms with E-state index in [2.05, 4.69) is 10.3 Å². The third kappa shape index (κ3) is 3.45. The Labute approximate surface area is 115 Å². The second-order valence-corrected chi connectivity index (χ2v) is 4.46. The molecule has 108 valence electrons. The number of carboxylic acids is 1. The summed E-state index contributed by atoms with van der Waals surface area (Å²) >= 11 is 0. The van der Waals surface area contributed by atoms with Gasteiger partial charge in [-0.3, -0.25) is 4.79 Å². The minimum absolute atomic E-state index is 0.258. The minimum atomic E-state index is -0.960. The van der Waals surface area contributed by atoms with Crippen LogP contribution in [0.5, 0.6) is 5.88 Å². The molecule has 1 aromatic rings. The summed E-state index contributed by atoms with van der Waals surface area (Å²) in [5, 5.41) is 11.5. The van der Waals surface area contributed by atoms with Gasteiger partial charge in [0.25, 0.3) is 5.91 Å². The topological polar surface area (TPSA) is 97.8 Å². The van der Waals surface area contributed by atoms with Crippen LogP contribution in [0.4, 0.5) is 0 Å². The van der Waals surface area contributed by atoms with Gasteiger partial charge in [0.1, 0.15) is 0 Å². The number of aliphatic carboxylic acids is 1. The first-order valence-corrected chi connectivity index (χ1v) is 6.26. The van der Waals surface area contributed by atoms with E-state index in [4.69, 9.17) is 14.6 Å². The molecule has 1 fully saturated rings. The molecule has 2 N–H and O–H groups in total. The Kier molecular flexibility index (Phi) is 4.52. The molecule has 1 amide bonds. The zero-order valence-electron chi connectivity index (χ0n) is 11.0. The maximum absolute atomic E-state index is 11.9. The molecular weight excluding hydrogens is 264 g/mol. The van der Waals surface area contributed by atoms with Gasteiger partial charge in [0.2, 0.25) is 5.88 Å². The van der Waals surface area contributed by atoms with Gasteiger partial charge in [0.15, 0.2) is 6.10 Å². The van der Waals surface area contributed by atoms with Crippen LogP contribution >= 0.6 is 0 Å². The summed E-state index contributed by atoms with van der Waals surface area (Å²) in [6.07, 6.45) is 1.49. The van der Waals surface area contributed by atoms with Crippen LogP contribution in [0.2, 0.25) is 0 Å². The second kappa shape index (κ2) is 6.33.